The SMILES string of the molecule is C[C@@]12C[C@H](O)[C@]3(CCCO[C@H]4C3C1C(=O)N4c1ccc(C#N)c(C(F)(F)F)c1)O2. The number of ether oxygens (including phenoxy) is 2. The highest BCUT2D eigenvalue weighted by Crippen LogP contribution is 2.64. The molecule has 29 heavy (non-hydrogen) atoms. The largest absolute Gasteiger partial charge is 0.417 e. The fraction of sp³-hybridized carbons (Fsp3) is 0.600. The second-order valence-electron chi connectivity index (χ2n) is 8.51. The number of hydrogen-bond donors (Lipinski definition) is 1. The van der Waals surface area contributed by atoms with Gasteiger partial charge in [0.25, 0.3) is 0 Å². The van der Waals surface area contributed by atoms with Crippen LogP contribution >= 0.6 is 0 Å². The molecule has 2 unspecified atom stereocenters. The summed E-state index contributed by atoms with van der Waals surface area (Å²) >= 11 is 0. The topological polar surface area (TPSA) is 82.8 Å². The van der Waals surface area contributed by atoms with Crippen molar-refractivity contribution in [3.63, 3.8) is 0 Å². The number of alkyl halides is 3. The highest BCUT2D eigenvalue weighted by molar-refractivity contribution is 6.00. The van der Waals surface area contributed by atoms with Crippen molar-refractivity contribution in [3.8, 4) is 6.07 Å². The number of fused-ring (bicyclic) bond motifs is 2. The van der Waals surface area contributed by atoms with Gasteiger partial charge in [0.15, 0.2) is 0 Å². The number of carbonyl (C=O) groups excluding carboxylic acids is 1. The molecule has 1 aromatic rings. The summed E-state index contributed by atoms with van der Waals surface area (Å²) in [6.45, 7) is 2.09. The third-order valence-corrected chi connectivity index (χ3v) is 6.94. The number of anilines is 1. The summed E-state index contributed by atoms with van der Waals surface area (Å²) in [5.74, 6) is -1.42. The van der Waals surface area contributed by atoms with Gasteiger partial charge in [0.2, 0.25) is 5.91 Å². The van der Waals surface area contributed by atoms with E-state index in [9.17, 15) is 23.1 Å². The zero-order chi connectivity index (χ0) is 20.8. The number of nitriles is 1. The van der Waals surface area contributed by atoms with Crippen molar-refractivity contribution in [2.45, 2.75) is 55.9 Å². The molecule has 9 heteroatoms. The van der Waals surface area contributed by atoms with Gasteiger partial charge >= 0.3 is 6.18 Å². The van der Waals surface area contributed by atoms with Gasteiger partial charge in [-0.05, 0) is 38.0 Å². The van der Waals surface area contributed by atoms with Gasteiger partial charge in [-0.25, -0.2) is 0 Å². The van der Waals surface area contributed by atoms with E-state index in [0.717, 1.165) is 12.1 Å². The van der Waals surface area contributed by atoms with Crippen LogP contribution in [0.1, 0.15) is 37.3 Å². The Balaban J connectivity index is 1.64. The molecule has 1 N–H and O–H groups in total. The smallest absolute Gasteiger partial charge is 0.390 e. The van der Waals surface area contributed by atoms with Crippen molar-refractivity contribution in [1.29, 1.82) is 5.26 Å². The second-order valence-corrected chi connectivity index (χ2v) is 8.51. The molecule has 4 aliphatic heterocycles. The van der Waals surface area contributed by atoms with Crippen LogP contribution in [-0.4, -0.2) is 41.2 Å². The molecule has 0 saturated carbocycles. The van der Waals surface area contributed by atoms with Crippen LogP contribution in [0, 0.1) is 23.2 Å². The minimum atomic E-state index is -4.73. The molecule has 4 fully saturated rings. The van der Waals surface area contributed by atoms with E-state index in [2.05, 4.69) is 0 Å². The number of benzene rings is 1. The van der Waals surface area contributed by atoms with Crippen LogP contribution < -0.4 is 4.90 Å². The number of carbonyl (C=O) groups is 1. The van der Waals surface area contributed by atoms with E-state index >= 15 is 0 Å². The maximum atomic E-state index is 13.5. The second kappa shape index (κ2) is 5.72. The summed E-state index contributed by atoms with van der Waals surface area (Å²) in [6.07, 6.45) is -4.84. The Morgan fingerprint density at radius 2 is 2.14 bits per heavy atom. The molecule has 0 aromatic heterocycles. The highest BCUT2D eigenvalue weighted by atomic mass is 19.4. The lowest BCUT2D eigenvalue weighted by Crippen LogP contribution is -2.51. The Morgan fingerprint density at radius 3 is 2.83 bits per heavy atom. The van der Waals surface area contributed by atoms with Crippen molar-refractivity contribution >= 4 is 11.6 Å². The van der Waals surface area contributed by atoms with Crippen LogP contribution in [0.15, 0.2) is 18.2 Å². The van der Waals surface area contributed by atoms with Crippen molar-refractivity contribution in [2.75, 3.05) is 11.5 Å². The van der Waals surface area contributed by atoms with Crippen LogP contribution in [0.25, 0.3) is 0 Å². The average Bonchev–Trinajstić information content (AvgIpc) is 3.13. The molecule has 1 aromatic carbocycles. The van der Waals surface area contributed by atoms with Crippen LogP contribution in [0.2, 0.25) is 0 Å². The molecular formula is C20H19F3N2O4. The molecule has 6 nitrogen and oxygen atoms in total. The number of hydrogen-bond acceptors (Lipinski definition) is 5. The lowest BCUT2D eigenvalue weighted by molar-refractivity contribution is -0.138. The predicted octanol–water partition coefficient (Wildman–Crippen LogP) is 2.58. The summed E-state index contributed by atoms with van der Waals surface area (Å²) in [4.78, 5) is 14.7. The summed E-state index contributed by atoms with van der Waals surface area (Å²) < 4.78 is 52.5. The minimum Gasteiger partial charge on any atom is -0.390 e. The number of aliphatic hydroxyl groups is 1. The standard InChI is InChI=1S/C20H19F3N2O4/c1-18-8-13(26)19(29-18)5-2-6-28-17-15(19)14(18)16(27)25(17)11-4-3-10(9-24)12(7-11)20(21,22)23/h3-4,7,13-15,17,26H,2,5-6,8H2,1H3/t13-,14?,15?,17-,18+,19-/m0/s1. The number of nitrogens with zero attached hydrogens (tertiary/aromatic N) is 2. The Bertz CT molecular complexity index is 945. The summed E-state index contributed by atoms with van der Waals surface area (Å²) in [5.41, 5.74) is -3.36. The van der Waals surface area contributed by atoms with Crippen molar-refractivity contribution in [1.82, 2.24) is 0 Å². The molecule has 0 radical (unpaired) electrons. The summed E-state index contributed by atoms with van der Waals surface area (Å²) in [6, 6.07) is 4.80. The Hall–Kier alpha value is -2.15. The predicted molar refractivity (Wildman–Crippen MR) is 92.4 cm³/mol. The molecule has 2 bridgehead atoms. The quantitative estimate of drug-likeness (QED) is 0.773. The van der Waals surface area contributed by atoms with Crippen LogP contribution in [0.4, 0.5) is 18.9 Å². The van der Waals surface area contributed by atoms with Gasteiger partial charge in [-0.2, -0.15) is 18.4 Å². The van der Waals surface area contributed by atoms with Gasteiger partial charge in [0, 0.05) is 18.7 Å². The van der Waals surface area contributed by atoms with E-state index in [4.69, 9.17) is 14.7 Å². The molecule has 6 atom stereocenters. The zero-order valence-corrected chi connectivity index (χ0v) is 15.6. The van der Waals surface area contributed by atoms with Crippen LogP contribution in [0.3, 0.4) is 0 Å². The molecule has 4 saturated heterocycles. The maximum absolute atomic E-state index is 13.5. The third-order valence-electron chi connectivity index (χ3n) is 6.94. The molecular weight excluding hydrogens is 389 g/mol. The van der Waals surface area contributed by atoms with Crippen LogP contribution in [-0.2, 0) is 20.4 Å². The number of halogens is 3. The first kappa shape index (κ1) is 18.9. The van der Waals surface area contributed by atoms with Crippen molar-refractivity contribution in [3.05, 3.63) is 29.3 Å². The molecule has 154 valence electrons. The van der Waals surface area contributed by atoms with E-state index in [-0.39, 0.29) is 11.6 Å². The first-order valence-electron chi connectivity index (χ1n) is 9.57. The highest BCUT2D eigenvalue weighted by Gasteiger charge is 2.77. The molecule has 4 heterocycles. The van der Waals surface area contributed by atoms with Crippen molar-refractivity contribution < 1.29 is 32.5 Å². The van der Waals surface area contributed by atoms with Crippen LogP contribution in [0.5, 0.6) is 0 Å². The average molecular weight is 408 g/mol. The molecule has 1 amide bonds. The fourth-order valence-corrected chi connectivity index (χ4v) is 5.90. The maximum Gasteiger partial charge on any atom is 0.417 e. The zero-order valence-electron chi connectivity index (χ0n) is 15.6. The van der Waals surface area contributed by atoms with Gasteiger partial charge in [-0.1, -0.05) is 0 Å². The third kappa shape index (κ3) is 2.31. The lowest BCUT2D eigenvalue weighted by atomic mass is 9.65. The number of amides is 1. The van der Waals surface area contributed by atoms with Gasteiger partial charge in [-0.3, -0.25) is 9.69 Å². The van der Waals surface area contributed by atoms with E-state index < -0.39 is 52.7 Å². The van der Waals surface area contributed by atoms with Gasteiger partial charge in [0.05, 0.1) is 40.7 Å². The van der Waals surface area contributed by atoms with E-state index in [0.29, 0.717) is 25.9 Å². The first-order valence-corrected chi connectivity index (χ1v) is 9.57. The monoisotopic (exact) mass is 408 g/mol. The molecule has 0 aliphatic carbocycles. The van der Waals surface area contributed by atoms with Crippen molar-refractivity contribution in [2.24, 2.45) is 11.8 Å². The number of aliphatic hydroxyl groups excluding tert-OH is 1. The van der Waals surface area contributed by atoms with Gasteiger partial charge < -0.3 is 14.6 Å². The van der Waals surface area contributed by atoms with E-state index in [1.54, 1.807) is 13.0 Å². The van der Waals surface area contributed by atoms with Gasteiger partial charge in [0.1, 0.15) is 11.8 Å². The minimum absolute atomic E-state index is 0.0373. The number of rotatable bonds is 1. The summed E-state index contributed by atoms with van der Waals surface area (Å²) in [5, 5.41) is 19.8. The fourth-order valence-electron chi connectivity index (χ4n) is 5.90. The van der Waals surface area contributed by atoms with E-state index in [1.807, 2.05) is 0 Å². The Morgan fingerprint density at radius 1 is 1.38 bits per heavy atom. The Kier molecular flexibility index (Phi) is 3.72. The molecule has 4 aliphatic rings. The van der Waals surface area contributed by atoms with Gasteiger partial charge in [-0.15, -0.1) is 0 Å². The molecule has 1 spiro atoms. The normalized spacial score (nSPS) is 40.7. The molecule has 5 rings (SSSR count). The lowest BCUT2D eigenvalue weighted by Gasteiger charge is -2.37. The summed E-state index contributed by atoms with van der Waals surface area (Å²) in [7, 11) is 0. The Labute approximate surface area is 164 Å². The van der Waals surface area contributed by atoms with E-state index in [1.165, 1.54) is 11.0 Å². The first-order chi connectivity index (χ1) is 13.6.